The maximum atomic E-state index is 13.0. The van der Waals surface area contributed by atoms with Crippen LogP contribution in [0, 0.1) is 0 Å². The number of phenolic OH excluding ortho intramolecular Hbond substituents is 1. The Kier molecular flexibility index (Phi) is 7.34. The van der Waals surface area contributed by atoms with Gasteiger partial charge in [-0.05, 0) is 60.5 Å². The maximum absolute atomic E-state index is 13.0. The van der Waals surface area contributed by atoms with Crippen LogP contribution in [0.15, 0.2) is 102 Å². The van der Waals surface area contributed by atoms with Gasteiger partial charge in [-0.25, -0.2) is 4.79 Å². The Morgan fingerprint density at radius 2 is 1.95 bits per heavy atom. The Morgan fingerprint density at radius 3 is 2.76 bits per heavy atom. The SMILES string of the molecule is CCOc1cc(/C=N/N=c2\scc(-c3cc4cc(Br)ccc4oc3=O)n2Cc2ccccc2)ccc1O. The lowest BCUT2D eigenvalue weighted by Crippen LogP contribution is -2.18. The van der Waals surface area contributed by atoms with Gasteiger partial charge >= 0.3 is 5.63 Å². The van der Waals surface area contributed by atoms with Crippen molar-refractivity contribution in [3.63, 3.8) is 0 Å². The molecule has 0 aliphatic carbocycles. The molecule has 0 bridgehead atoms. The molecule has 0 saturated heterocycles. The van der Waals surface area contributed by atoms with Crippen LogP contribution in [0.4, 0.5) is 0 Å². The van der Waals surface area contributed by atoms with Gasteiger partial charge in [-0.1, -0.05) is 46.3 Å². The molecule has 3 aromatic carbocycles. The molecular weight excluding hydrogens is 554 g/mol. The Bertz CT molecular complexity index is 1720. The molecule has 5 rings (SSSR count). The number of phenols is 1. The number of hydrogen-bond donors (Lipinski definition) is 1. The molecule has 2 aromatic heterocycles. The minimum absolute atomic E-state index is 0.0702. The third-order valence-corrected chi connectivity index (χ3v) is 6.93. The summed E-state index contributed by atoms with van der Waals surface area (Å²) in [5, 5.41) is 21.4. The molecule has 0 spiro atoms. The van der Waals surface area contributed by atoms with Crippen molar-refractivity contribution in [1.82, 2.24) is 4.57 Å². The average Bonchev–Trinajstić information content (AvgIpc) is 3.28. The summed E-state index contributed by atoms with van der Waals surface area (Å²) in [5.74, 6) is 0.458. The zero-order valence-electron chi connectivity index (χ0n) is 19.8. The van der Waals surface area contributed by atoms with Crippen LogP contribution in [-0.2, 0) is 6.54 Å². The summed E-state index contributed by atoms with van der Waals surface area (Å²) in [6.45, 7) is 2.79. The first-order valence-corrected chi connectivity index (χ1v) is 13.2. The number of fused-ring (bicyclic) bond motifs is 1. The van der Waals surface area contributed by atoms with Crippen LogP contribution in [0.5, 0.6) is 11.5 Å². The molecule has 0 aliphatic rings. The number of nitrogens with zero attached hydrogens (tertiary/aromatic N) is 3. The molecule has 0 amide bonds. The zero-order valence-corrected chi connectivity index (χ0v) is 22.2. The van der Waals surface area contributed by atoms with Crippen LogP contribution in [0.25, 0.3) is 22.2 Å². The zero-order chi connectivity index (χ0) is 25.8. The first-order chi connectivity index (χ1) is 18.0. The Morgan fingerprint density at radius 1 is 1.11 bits per heavy atom. The Hall–Kier alpha value is -3.95. The van der Waals surface area contributed by atoms with Crippen LogP contribution in [0.3, 0.4) is 0 Å². The molecule has 5 aromatic rings. The fourth-order valence-electron chi connectivity index (χ4n) is 3.84. The van der Waals surface area contributed by atoms with Crippen molar-refractivity contribution >= 4 is 44.5 Å². The second-order valence-corrected chi connectivity index (χ2v) is 9.86. The summed E-state index contributed by atoms with van der Waals surface area (Å²) in [4.78, 5) is 13.6. The molecule has 0 unspecified atom stereocenters. The van der Waals surface area contributed by atoms with E-state index < -0.39 is 5.63 Å². The first kappa shape index (κ1) is 24.7. The minimum atomic E-state index is -0.419. The van der Waals surface area contributed by atoms with E-state index in [0.29, 0.717) is 40.5 Å². The van der Waals surface area contributed by atoms with Crippen molar-refractivity contribution in [2.45, 2.75) is 13.5 Å². The van der Waals surface area contributed by atoms with Crippen LogP contribution in [-0.4, -0.2) is 22.5 Å². The number of benzene rings is 3. The van der Waals surface area contributed by atoms with Crippen molar-refractivity contribution in [2.75, 3.05) is 6.61 Å². The largest absolute Gasteiger partial charge is 0.504 e. The van der Waals surface area contributed by atoms with Gasteiger partial charge in [0.1, 0.15) is 5.58 Å². The van der Waals surface area contributed by atoms with Crippen molar-refractivity contribution in [2.24, 2.45) is 10.2 Å². The third kappa shape index (κ3) is 5.58. The van der Waals surface area contributed by atoms with E-state index in [1.54, 1.807) is 30.5 Å². The quantitative estimate of drug-likeness (QED) is 0.143. The summed E-state index contributed by atoms with van der Waals surface area (Å²) in [6.07, 6.45) is 1.59. The van der Waals surface area contributed by atoms with E-state index in [2.05, 4.69) is 26.1 Å². The molecular formula is C28H22BrN3O4S. The van der Waals surface area contributed by atoms with E-state index in [1.165, 1.54) is 11.3 Å². The van der Waals surface area contributed by atoms with Gasteiger partial charge in [0.15, 0.2) is 11.5 Å². The van der Waals surface area contributed by atoms with Crippen molar-refractivity contribution in [1.29, 1.82) is 0 Å². The van der Waals surface area contributed by atoms with E-state index in [0.717, 1.165) is 21.0 Å². The highest BCUT2D eigenvalue weighted by Crippen LogP contribution is 2.27. The highest BCUT2D eigenvalue weighted by Gasteiger charge is 2.15. The number of thiazole rings is 1. The van der Waals surface area contributed by atoms with Crippen LogP contribution < -0.4 is 15.2 Å². The molecule has 1 N–H and O–H groups in total. The van der Waals surface area contributed by atoms with E-state index in [4.69, 9.17) is 9.15 Å². The topological polar surface area (TPSA) is 89.3 Å². The lowest BCUT2D eigenvalue weighted by molar-refractivity contribution is 0.318. The molecule has 0 atom stereocenters. The highest BCUT2D eigenvalue weighted by molar-refractivity contribution is 9.10. The highest BCUT2D eigenvalue weighted by atomic mass is 79.9. The lowest BCUT2D eigenvalue weighted by Gasteiger charge is -2.09. The predicted molar refractivity (Wildman–Crippen MR) is 149 cm³/mol. The number of ether oxygens (including phenoxy) is 1. The normalized spacial score (nSPS) is 12.0. The van der Waals surface area contributed by atoms with Gasteiger partial charge in [0.25, 0.3) is 0 Å². The number of halogens is 1. The van der Waals surface area contributed by atoms with Crippen molar-refractivity contribution in [3.8, 4) is 22.8 Å². The Balaban J connectivity index is 1.59. The number of aromatic nitrogens is 1. The van der Waals surface area contributed by atoms with E-state index >= 15 is 0 Å². The van der Waals surface area contributed by atoms with E-state index in [-0.39, 0.29) is 5.75 Å². The van der Waals surface area contributed by atoms with Crippen LogP contribution in [0.2, 0.25) is 0 Å². The molecule has 2 heterocycles. The van der Waals surface area contributed by atoms with Gasteiger partial charge in [-0.3, -0.25) is 0 Å². The van der Waals surface area contributed by atoms with E-state index in [1.807, 2.05) is 65.4 Å². The third-order valence-electron chi connectivity index (χ3n) is 5.59. The van der Waals surface area contributed by atoms with Gasteiger partial charge in [-0.15, -0.1) is 16.4 Å². The van der Waals surface area contributed by atoms with Gasteiger partial charge < -0.3 is 18.8 Å². The predicted octanol–water partition coefficient (Wildman–Crippen LogP) is 6.17. The van der Waals surface area contributed by atoms with E-state index in [9.17, 15) is 9.90 Å². The number of hydrogen-bond acceptors (Lipinski definition) is 7. The standard InChI is InChI=1S/C28H22BrN3O4S/c1-2-35-26-12-19(8-10-24(26)33)15-30-31-28-32(16-18-6-4-3-5-7-18)23(17-37-28)22-14-20-13-21(29)9-11-25(20)36-27(22)34/h3-15,17,33H,2,16H2,1H3/b30-15+,31-28-. The lowest BCUT2D eigenvalue weighted by atomic mass is 10.1. The van der Waals surface area contributed by atoms with Crippen molar-refractivity contribution < 1.29 is 14.3 Å². The monoisotopic (exact) mass is 575 g/mol. The number of aromatic hydroxyl groups is 1. The number of rotatable bonds is 7. The van der Waals surface area contributed by atoms with Crippen LogP contribution in [0.1, 0.15) is 18.1 Å². The van der Waals surface area contributed by atoms with Gasteiger partial charge in [0, 0.05) is 15.2 Å². The molecule has 0 aliphatic heterocycles. The van der Waals surface area contributed by atoms with Crippen LogP contribution >= 0.6 is 27.3 Å². The Labute approximate surface area is 224 Å². The van der Waals surface area contributed by atoms with Gasteiger partial charge in [0.2, 0.25) is 4.80 Å². The second-order valence-electron chi connectivity index (χ2n) is 8.11. The summed E-state index contributed by atoms with van der Waals surface area (Å²) in [5.41, 5.74) is 3.04. The molecule has 9 heteroatoms. The molecule has 37 heavy (non-hydrogen) atoms. The molecule has 186 valence electrons. The van der Waals surface area contributed by atoms with Gasteiger partial charge in [-0.2, -0.15) is 5.10 Å². The maximum Gasteiger partial charge on any atom is 0.345 e. The summed E-state index contributed by atoms with van der Waals surface area (Å²) in [6, 6.07) is 22.3. The smallest absolute Gasteiger partial charge is 0.345 e. The molecule has 0 fully saturated rings. The van der Waals surface area contributed by atoms with Crippen molar-refractivity contribution in [3.05, 3.63) is 109 Å². The second kappa shape index (κ2) is 11.0. The average molecular weight is 576 g/mol. The summed E-state index contributed by atoms with van der Waals surface area (Å²) in [7, 11) is 0. The summed E-state index contributed by atoms with van der Waals surface area (Å²) < 4.78 is 13.9. The minimum Gasteiger partial charge on any atom is -0.504 e. The van der Waals surface area contributed by atoms with Gasteiger partial charge in [0.05, 0.1) is 30.6 Å². The first-order valence-electron chi connectivity index (χ1n) is 11.5. The molecule has 0 saturated carbocycles. The molecule has 0 radical (unpaired) electrons. The fraction of sp³-hybridized carbons (Fsp3) is 0.107. The molecule has 7 nitrogen and oxygen atoms in total. The fourth-order valence-corrected chi connectivity index (χ4v) is 5.08. The summed E-state index contributed by atoms with van der Waals surface area (Å²) >= 11 is 4.87.